The van der Waals surface area contributed by atoms with Gasteiger partial charge in [0, 0.05) is 5.56 Å². The Morgan fingerprint density at radius 1 is 1.07 bits per heavy atom. The molecule has 0 aliphatic rings. The van der Waals surface area contributed by atoms with Crippen LogP contribution in [0.4, 0.5) is 0 Å². The summed E-state index contributed by atoms with van der Waals surface area (Å²) < 4.78 is 5.29. The summed E-state index contributed by atoms with van der Waals surface area (Å²) in [6.07, 6.45) is 2.13. The van der Waals surface area contributed by atoms with E-state index in [1.165, 1.54) is 11.1 Å². The Labute approximate surface area is 94.3 Å². The van der Waals surface area contributed by atoms with Gasteiger partial charge in [0.15, 0.2) is 5.06 Å². The minimum absolute atomic E-state index is 1.05. The van der Waals surface area contributed by atoms with E-state index in [1.807, 2.05) is 0 Å². The van der Waals surface area contributed by atoms with Gasteiger partial charge in [-0.1, -0.05) is 30.3 Å². The van der Waals surface area contributed by atoms with E-state index in [0.717, 1.165) is 17.9 Å². The van der Waals surface area contributed by atoms with Crippen molar-refractivity contribution in [2.24, 2.45) is 0 Å². The zero-order valence-corrected chi connectivity index (χ0v) is 9.59. The molecule has 15 heavy (non-hydrogen) atoms. The van der Waals surface area contributed by atoms with Crippen molar-refractivity contribution >= 4 is 11.3 Å². The third kappa shape index (κ3) is 2.60. The van der Waals surface area contributed by atoms with Crippen molar-refractivity contribution in [1.29, 1.82) is 0 Å². The molecule has 0 radical (unpaired) electrons. The fourth-order valence-electron chi connectivity index (χ4n) is 1.61. The Hall–Kier alpha value is -1.28. The first-order chi connectivity index (χ1) is 7.40. The summed E-state index contributed by atoms with van der Waals surface area (Å²) >= 11 is 1.66. The molecule has 0 N–H and O–H groups in total. The fourth-order valence-corrected chi connectivity index (χ4v) is 2.38. The van der Waals surface area contributed by atoms with E-state index in [4.69, 9.17) is 4.74 Å². The molecule has 0 amide bonds. The van der Waals surface area contributed by atoms with Gasteiger partial charge in [0.25, 0.3) is 0 Å². The van der Waals surface area contributed by atoms with Gasteiger partial charge in [-0.25, -0.2) is 0 Å². The monoisotopic (exact) mass is 218 g/mol. The third-order valence-corrected chi connectivity index (χ3v) is 3.33. The average molecular weight is 218 g/mol. The van der Waals surface area contributed by atoms with Crippen LogP contribution in [0, 0.1) is 0 Å². The van der Waals surface area contributed by atoms with Gasteiger partial charge >= 0.3 is 0 Å². The number of ether oxygens (including phenoxy) is 1. The van der Waals surface area contributed by atoms with E-state index in [0.29, 0.717) is 0 Å². The van der Waals surface area contributed by atoms with Crippen LogP contribution in [0.2, 0.25) is 0 Å². The molecule has 0 bridgehead atoms. The Balaban J connectivity index is 1.99. The van der Waals surface area contributed by atoms with E-state index < -0.39 is 0 Å². The number of hydrogen-bond donors (Lipinski definition) is 0. The molecule has 2 aromatic rings. The van der Waals surface area contributed by atoms with Gasteiger partial charge in [0.05, 0.1) is 7.11 Å². The van der Waals surface area contributed by atoms with Crippen LogP contribution < -0.4 is 4.74 Å². The molecule has 78 valence electrons. The highest BCUT2D eigenvalue weighted by atomic mass is 32.1. The molecule has 2 rings (SSSR count). The highest BCUT2D eigenvalue weighted by molar-refractivity contribution is 7.12. The number of thiophene rings is 1. The second kappa shape index (κ2) is 4.99. The summed E-state index contributed by atoms with van der Waals surface area (Å²) in [5.74, 6) is 0. The second-order valence-corrected chi connectivity index (χ2v) is 4.30. The number of methoxy groups -OCH3 is 1. The lowest BCUT2D eigenvalue weighted by molar-refractivity contribution is 0.422. The second-order valence-electron chi connectivity index (χ2n) is 3.42. The summed E-state index contributed by atoms with van der Waals surface area (Å²) in [6, 6.07) is 12.7. The number of benzene rings is 1. The molecule has 0 saturated carbocycles. The van der Waals surface area contributed by atoms with Crippen LogP contribution in [0.25, 0.3) is 0 Å². The fraction of sp³-hybridized carbons (Fsp3) is 0.231. The molecule has 0 spiro atoms. The van der Waals surface area contributed by atoms with Crippen LogP contribution in [0.5, 0.6) is 5.06 Å². The van der Waals surface area contributed by atoms with Crippen LogP contribution in [0.1, 0.15) is 11.1 Å². The normalized spacial score (nSPS) is 10.2. The van der Waals surface area contributed by atoms with Gasteiger partial charge in [0.2, 0.25) is 0 Å². The van der Waals surface area contributed by atoms with Crippen molar-refractivity contribution in [1.82, 2.24) is 0 Å². The van der Waals surface area contributed by atoms with Crippen molar-refractivity contribution in [3.8, 4) is 5.06 Å². The first-order valence-electron chi connectivity index (χ1n) is 5.04. The molecule has 1 nitrogen and oxygen atoms in total. The quantitative estimate of drug-likeness (QED) is 0.762. The van der Waals surface area contributed by atoms with Gasteiger partial charge < -0.3 is 4.74 Å². The lowest BCUT2D eigenvalue weighted by Gasteiger charge is -2.02. The van der Waals surface area contributed by atoms with Crippen LogP contribution in [0.15, 0.2) is 41.8 Å². The molecule has 1 aromatic carbocycles. The van der Waals surface area contributed by atoms with Gasteiger partial charge in [-0.15, -0.1) is 11.3 Å². The molecule has 0 atom stereocenters. The molecule has 1 aromatic heterocycles. The number of rotatable bonds is 4. The lowest BCUT2D eigenvalue weighted by atomic mass is 10.1. The van der Waals surface area contributed by atoms with E-state index in [9.17, 15) is 0 Å². The first-order valence-corrected chi connectivity index (χ1v) is 5.92. The van der Waals surface area contributed by atoms with Crippen LogP contribution in [-0.4, -0.2) is 7.11 Å². The predicted molar refractivity (Wildman–Crippen MR) is 64.7 cm³/mol. The van der Waals surface area contributed by atoms with Crippen molar-refractivity contribution in [2.45, 2.75) is 12.8 Å². The third-order valence-electron chi connectivity index (χ3n) is 2.42. The molecule has 0 unspecified atom stereocenters. The molecule has 0 fully saturated rings. The van der Waals surface area contributed by atoms with E-state index in [2.05, 4.69) is 41.8 Å². The minimum atomic E-state index is 1.05. The summed E-state index contributed by atoms with van der Waals surface area (Å²) in [4.78, 5) is 0. The van der Waals surface area contributed by atoms with Gasteiger partial charge in [-0.2, -0.15) is 0 Å². The standard InChI is InChI=1S/C13H14OS/c1-14-13-12(9-10-15-13)8-7-11-5-3-2-4-6-11/h2-6,9-10H,7-8H2,1H3. The topological polar surface area (TPSA) is 9.23 Å². The summed E-state index contributed by atoms with van der Waals surface area (Å²) in [5.41, 5.74) is 2.69. The number of aryl methyl sites for hydroxylation is 2. The Kier molecular flexibility index (Phi) is 3.41. The molecule has 2 heteroatoms. The molecule has 0 saturated heterocycles. The summed E-state index contributed by atoms with van der Waals surface area (Å²) in [5, 5.41) is 3.13. The average Bonchev–Trinajstić information content (AvgIpc) is 2.75. The Morgan fingerprint density at radius 3 is 2.60 bits per heavy atom. The molecule has 1 heterocycles. The minimum Gasteiger partial charge on any atom is -0.487 e. The zero-order chi connectivity index (χ0) is 10.5. The van der Waals surface area contributed by atoms with Crippen molar-refractivity contribution in [3.63, 3.8) is 0 Å². The molecular weight excluding hydrogens is 204 g/mol. The molecule has 0 aliphatic carbocycles. The van der Waals surface area contributed by atoms with Crippen LogP contribution in [-0.2, 0) is 12.8 Å². The number of hydrogen-bond acceptors (Lipinski definition) is 2. The predicted octanol–water partition coefficient (Wildman–Crippen LogP) is 3.54. The van der Waals surface area contributed by atoms with E-state index in [-0.39, 0.29) is 0 Å². The SMILES string of the molecule is COc1sccc1CCc1ccccc1. The van der Waals surface area contributed by atoms with Crippen molar-refractivity contribution < 1.29 is 4.74 Å². The van der Waals surface area contributed by atoms with E-state index >= 15 is 0 Å². The van der Waals surface area contributed by atoms with Crippen molar-refractivity contribution in [3.05, 3.63) is 52.9 Å². The summed E-state index contributed by atoms with van der Waals surface area (Å²) in [6.45, 7) is 0. The van der Waals surface area contributed by atoms with Gasteiger partial charge in [0.1, 0.15) is 0 Å². The highest BCUT2D eigenvalue weighted by Crippen LogP contribution is 2.26. The van der Waals surface area contributed by atoms with E-state index in [1.54, 1.807) is 18.4 Å². The maximum absolute atomic E-state index is 5.29. The largest absolute Gasteiger partial charge is 0.487 e. The highest BCUT2D eigenvalue weighted by Gasteiger charge is 2.03. The van der Waals surface area contributed by atoms with Gasteiger partial charge in [-0.05, 0) is 29.9 Å². The smallest absolute Gasteiger partial charge is 0.176 e. The molecule has 0 aliphatic heterocycles. The van der Waals surface area contributed by atoms with Crippen LogP contribution in [0.3, 0.4) is 0 Å². The Morgan fingerprint density at radius 2 is 1.87 bits per heavy atom. The zero-order valence-electron chi connectivity index (χ0n) is 8.77. The van der Waals surface area contributed by atoms with Crippen molar-refractivity contribution in [2.75, 3.05) is 7.11 Å². The Bertz CT molecular complexity index is 405. The molecular formula is C13H14OS. The maximum Gasteiger partial charge on any atom is 0.176 e. The van der Waals surface area contributed by atoms with Crippen LogP contribution >= 0.6 is 11.3 Å². The lowest BCUT2D eigenvalue weighted by Crippen LogP contribution is -1.91. The summed E-state index contributed by atoms with van der Waals surface area (Å²) in [7, 11) is 1.73. The van der Waals surface area contributed by atoms with Gasteiger partial charge in [-0.3, -0.25) is 0 Å². The maximum atomic E-state index is 5.29. The first kappa shape index (κ1) is 10.2.